The highest BCUT2D eigenvalue weighted by Gasteiger charge is 2.31. The summed E-state index contributed by atoms with van der Waals surface area (Å²) >= 11 is 0. The number of benzene rings is 2. The average Bonchev–Trinajstić information content (AvgIpc) is 3.54. The molecule has 0 saturated carbocycles. The summed E-state index contributed by atoms with van der Waals surface area (Å²) in [5, 5.41) is 8.00. The second-order valence-electron chi connectivity index (χ2n) is 8.31. The molecular formula is C24H22N6O4. The fraction of sp³-hybridized carbons (Fsp3) is 0.250. The lowest BCUT2D eigenvalue weighted by atomic mass is 9.99. The van der Waals surface area contributed by atoms with E-state index in [1.165, 1.54) is 12.6 Å². The van der Waals surface area contributed by atoms with Crippen LogP contribution in [0.1, 0.15) is 34.2 Å². The van der Waals surface area contributed by atoms with E-state index < -0.39 is 17.2 Å². The predicted octanol–water partition coefficient (Wildman–Crippen LogP) is 1.92. The first-order chi connectivity index (χ1) is 16.4. The minimum Gasteiger partial charge on any atom is -0.334 e. The lowest BCUT2D eigenvalue weighted by Gasteiger charge is -2.14. The Kier molecular flexibility index (Phi) is 5.40. The Morgan fingerprint density at radius 3 is 2.53 bits per heavy atom. The molecule has 0 bridgehead atoms. The van der Waals surface area contributed by atoms with Crippen LogP contribution in [0.3, 0.4) is 0 Å². The van der Waals surface area contributed by atoms with Gasteiger partial charge in [-0.05, 0) is 31.0 Å². The molecule has 2 aromatic carbocycles. The number of likely N-dealkylation sites (tertiary alicyclic amines) is 1. The molecule has 10 nitrogen and oxygen atoms in total. The van der Waals surface area contributed by atoms with E-state index in [0.717, 1.165) is 21.2 Å². The van der Waals surface area contributed by atoms with Gasteiger partial charge in [0.1, 0.15) is 0 Å². The van der Waals surface area contributed by atoms with Crippen molar-refractivity contribution in [1.82, 2.24) is 29.4 Å². The van der Waals surface area contributed by atoms with Crippen LogP contribution in [0.15, 0.2) is 68.7 Å². The number of aromatic nitrogens is 5. The van der Waals surface area contributed by atoms with Crippen molar-refractivity contribution in [1.29, 1.82) is 0 Å². The number of rotatable bonds is 4. The smallest absolute Gasteiger partial charge is 0.334 e. The van der Waals surface area contributed by atoms with Crippen LogP contribution in [0.25, 0.3) is 17.2 Å². The molecule has 4 aromatic rings. The average molecular weight is 458 g/mol. The number of hydrogen-bond acceptors (Lipinski definition) is 7. The third kappa shape index (κ3) is 3.83. The zero-order valence-electron chi connectivity index (χ0n) is 18.7. The van der Waals surface area contributed by atoms with Crippen LogP contribution in [0.5, 0.6) is 0 Å². The van der Waals surface area contributed by atoms with Crippen LogP contribution in [0, 0.1) is 6.92 Å². The second kappa shape index (κ2) is 8.54. The molecule has 0 aliphatic carbocycles. The Labute approximate surface area is 194 Å². The summed E-state index contributed by atoms with van der Waals surface area (Å²) in [6.45, 7) is 3.03. The highest BCUT2D eigenvalue weighted by atomic mass is 16.5. The first-order valence-corrected chi connectivity index (χ1v) is 10.9. The Hall–Kier alpha value is -4.34. The van der Waals surface area contributed by atoms with E-state index in [0.29, 0.717) is 18.8 Å². The molecule has 1 atom stereocenters. The van der Waals surface area contributed by atoms with E-state index in [2.05, 4.69) is 15.2 Å². The van der Waals surface area contributed by atoms with Crippen molar-refractivity contribution in [2.24, 2.45) is 7.05 Å². The van der Waals surface area contributed by atoms with Crippen LogP contribution >= 0.6 is 0 Å². The molecule has 2 aromatic heterocycles. The van der Waals surface area contributed by atoms with Crippen molar-refractivity contribution in [3.8, 4) is 17.2 Å². The van der Waals surface area contributed by atoms with Crippen LogP contribution in [-0.4, -0.2) is 48.4 Å². The largest absolute Gasteiger partial charge is 0.351 e. The standard InChI is InChI=1S/C24H22N6O4/c1-15-8-10-18(11-9-15)30-24(33)28(2)22(31)19(26-30)20-25-21(34-27-20)23(32)29-13-12-17(14-29)16-6-4-3-5-7-16/h3-11,17H,12-14H2,1-2H3. The highest BCUT2D eigenvalue weighted by molar-refractivity contribution is 5.90. The summed E-state index contributed by atoms with van der Waals surface area (Å²) in [4.78, 5) is 44.1. The molecule has 172 valence electrons. The van der Waals surface area contributed by atoms with Gasteiger partial charge in [0.15, 0.2) is 5.69 Å². The van der Waals surface area contributed by atoms with Gasteiger partial charge in [-0.3, -0.25) is 14.2 Å². The molecule has 0 spiro atoms. The number of carbonyl (C=O) groups is 1. The van der Waals surface area contributed by atoms with Crippen LogP contribution < -0.4 is 11.2 Å². The molecule has 1 aliphatic heterocycles. The van der Waals surface area contributed by atoms with Gasteiger partial charge in [0.25, 0.3) is 5.56 Å². The van der Waals surface area contributed by atoms with Gasteiger partial charge in [-0.15, -0.1) is 0 Å². The lowest BCUT2D eigenvalue weighted by molar-refractivity contribution is 0.0741. The molecule has 1 fully saturated rings. The fourth-order valence-electron chi connectivity index (χ4n) is 4.05. The van der Waals surface area contributed by atoms with Gasteiger partial charge >= 0.3 is 17.5 Å². The van der Waals surface area contributed by atoms with Crippen molar-refractivity contribution in [3.63, 3.8) is 0 Å². The predicted molar refractivity (Wildman–Crippen MR) is 123 cm³/mol. The maximum absolute atomic E-state index is 13.0. The second-order valence-corrected chi connectivity index (χ2v) is 8.31. The van der Waals surface area contributed by atoms with Gasteiger partial charge in [-0.2, -0.15) is 14.8 Å². The van der Waals surface area contributed by atoms with E-state index in [4.69, 9.17) is 4.52 Å². The molecule has 1 aliphatic rings. The maximum atomic E-state index is 13.0. The van der Waals surface area contributed by atoms with Gasteiger partial charge in [0.2, 0.25) is 5.82 Å². The van der Waals surface area contributed by atoms with E-state index in [1.807, 2.05) is 49.4 Å². The van der Waals surface area contributed by atoms with Crippen molar-refractivity contribution in [2.75, 3.05) is 13.1 Å². The zero-order chi connectivity index (χ0) is 23.8. The Balaban J connectivity index is 1.43. The molecule has 1 amide bonds. The maximum Gasteiger partial charge on any atom is 0.351 e. The van der Waals surface area contributed by atoms with Gasteiger partial charge in [-0.1, -0.05) is 53.2 Å². The van der Waals surface area contributed by atoms with Crippen LogP contribution in [0.4, 0.5) is 0 Å². The van der Waals surface area contributed by atoms with Crippen molar-refractivity contribution in [2.45, 2.75) is 19.3 Å². The quantitative estimate of drug-likeness (QED) is 0.459. The molecular weight excluding hydrogens is 436 g/mol. The van der Waals surface area contributed by atoms with Gasteiger partial charge < -0.3 is 9.42 Å². The summed E-state index contributed by atoms with van der Waals surface area (Å²) in [6.07, 6.45) is 0.834. The van der Waals surface area contributed by atoms with Gasteiger partial charge in [0.05, 0.1) is 5.69 Å². The molecule has 1 unspecified atom stereocenters. The van der Waals surface area contributed by atoms with Crippen LogP contribution in [0.2, 0.25) is 0 Å². The molecule has 34 heavy (non-hydrogen) atoms. The van der Waals surface area contributed by atoms with E-state index in [-0.39, 0.29) is 23.3 Å². The summed E-state index contributed by atoms with van der Waals surface area (Å²) in [7, 11) is 1.35. The summed E-state index contributed by atoms with van der Waals surface area (Å²) < 4.78 is 7.21. The monoisotopic (exact) mass is 458 g/mol. The Morgan fingerprint density at radius 2 is 1.79 bits per heavy atom. The van der Waals surface area contributed by atoms with E-state index in [9.17, 15) is 14.4 Å². The third-order valence-corrected chi connectivity index (χ3v) is 6.02. The molecule has 0 radical (unpaired) electrons. The first-order valence-electron chi connectivity index (χ1n) is 10.9. The first kappa shape index (κ1) is 21.5. The van der Waals surface area contributed by atoms with E-state index >= 15 is 0 Å². The molecule has 1 saturated heterocycles. The van der Waals surface area contributed by atoms with E-state index in [1.54, 1.807) is 17.0 Å². The number of aryl methyl sites for hydroxylation is 1. The van der Waals surface area contributed by atoms with Crippen molar-refractivity contribution in [3.05, 3.63) is 92.5 Å². The summed E-state index contributed by atoms with van der Waals surface area (Å²) in [5.74, 6) is -0.537. The summed E-state index contributed by atoms with van der Waals surface area (Å²) in [6, 6.07) is 17.1. The Morgan fingerprint density at radius 1 is 1.06 bits per heavy atom. The van der Waals surface area contributed by atoms with Crippen LogP contribution in [-0.2, 0) is 7.05 Å². The molecule has 5 rings (SSSR count). The highest BCUT2D eigenvalue weighted by Crippen LogP contribution is 2.28. The molecule has 0 N–H and O–H groups in total. The SMILES string of the molecule is Cc1ccc(-n2nc(-c3noc(C(=O)N4CCC(c5ccccc5)C4)n3)c(=O)n(C)c2=O)cc1. The normalized spacial score (nSPS) is 15.6. The molecule has 3 heterocycles. The minimum atomic E-state index is -0.682. The number of amides is 1. The summed E-state index contributed by atoms with van der Waals surface area (Å²) in [5.41, 5.74) is 1.19. The minimum absolute atomic E-state index is 0.149. The zero-order valence-corrected chi connectivity index (χ0v) is 18.7. The van der Waals surface area contributed by atoms with Crippen molar-refractivity contribution >= 4 is 5.91 Å². The lowest BCUT2D eigenvalue weighted by Crippen LogP contribution is -2.40. The molecule has 10 heteroatoms. The number of nitrogens with zero attached hydrogens (tertiary/aromatic N) is 6. The van der Waals surface area contributed by atoms with Gasteiger partial charge in [-0.25, -0.2) is 4.79 Å². The fourth-order valence-corrected chi connectivity index (χ4v) is 4.05. The van der Waals surface area contributed by atoms with Crippen molar-refractivity contribution < 1.29 is 9.32 Å². The van der Waals surface area contributed by atoms with Gasteiger partial charge in [0, 0.05) is 26.1 Å². The number of hydrogen-bond donors (Lipinski definition) is 0. The third-order valence-electron chi connectivity index (χ3n) is 6.02. The topological polar surface area (TPSA) is 116 Å². The number of carbonyl (C=O) groups excluding carboxylic acids is 1. The Bertz CT molecular complexity index is 1470.